The van der Waals surface area contributed by atoms with Crippen LogP contribution in [-0.2, 0) is 12.4 Å². The molecule has 0 fully saturated rings. The van der Waals surface area contributed by atoms with E-state index < -0.39 is 23.5 Å². The van der Waals surface area contributed by atoms with E-state index in [2.05, 4.69) is 10.9 Å². The van der Waals surface area contributed by atoms with Crippen molar-refractivity contribution in [2.75, 3.05) is 0 Å². The van der Waals surface area contributed by atoms with Crippen LogP contribution in [0.4, 0.5) is 32.0 Å². The first-order valence-electron chi connectivity index (χ1n) is 20.9. The summed E-state index contributed by atoms with van der Waals surface area (Å²) < 4.78 is 93.9. The first-order chi connectivity index (χ1) is 32.4. The van der Waals surface area contributed by atoms with Gasteiger partial charge in [0.2, 0.25) is 0 Å². The highest BCUT2D eigenvalue weighted by Crippen LogP contribution is 2.49. The first-order valence-corrected chi connectivity index (χ1v) is 20.9. The Hall–Kier alpha value is -8.80. The lowest BCUT2D eigenvalue weighted by Crippen LogP contribution is -2.11. The second kappa shape index (κ2) is 16.6. The molecular weight excluding hydrogens is 857 g/mol. The van der Waals surface area contributed by atoms with Gasteiger partial charge in [0.1, 0.15) is 0 Å². The van der Waals surface area contributed by atoms with Crippen LogP contribution < -0.4 is 0 Å². The Balaban J connectivity index is 1.37. The van der Waals surface area contributed by atoms with Gasteiger partial charge < -0.3 is 4.57 Å². The molecule has 2 aromatic heterocycles. The molecule has 0 unspecified atom stereocenters. The van der Waals surface area contributed by atoms with Gasteiger partial charge in [0.05, 0.1) is 51.9 Å². The van der Waals surface area contributed by atoms with E-state index in [9.17, 15) is 5.26 Å². The largest absolute Gasteiger partial charge is 0.417 e. The zero-order chi connectivity index (χ0) is 46.5. The molecule has 322 valence electrons. The van der Waals surface area contributed by atoms with Crippen LogP contribution >= 0.6 is 0 Å². The number of rotatable bonds is 7. The van der Waals surface area contributed by atoms with Crippen molar-refractivity contribution < 1.29 is 26.3 Å². The van der Waals surface area contributed by atoms with E-state index >= 15 is 26.3 Å². The average molecular weight is 888 g/mol. The maximum absolute atomic E-state index is 15.4. The molecule has 2 heterocycles. The maximum atomic E-state index is 15.4. The molecule has 10 rings (SSSR count). The lowest BCUT2D eigenvalue weighted by molar-refractivity contribution is -0.137. The zero-order valence-electron chi connectivity index (χ0n) is 34.9. The third-order valence-corrected chi connectivity index (χ3v) is 11.7. The number of hydrogen-bond acceptors (Lipinski definition) is 3. The maximum Gasteiger partial charge on any atom is 0.417 e. The van der Waals surface area contributed by atoms with Gasteiger partial charge in [-0.1, -0.05) is 121 Å². The summed E-state index contributed by atoms with van der Waals surface area (Å²) in [6.07, 6.45) is -9.76. The number of hydrogen-bond donors (Lipinski definition) is 0. The molecule has 0 aliphatic rings. The van der Waals surface area contributed by atoms with Crippen molar-refractivity contribution in [3.05, 3.63) is 216 Å². The highest BCUT2D eigenvalue weighted by molar-refractivity contribution is 6.12. The summed E-state index contributed by atoms with van der Waals surface area (Å²) in [4.78, 5) is 13.5. The fraction of sp³-hybridized carbons (Fsp3) is 0.0357. The Morgan fingerprint density at radius 3 is 1.54 bits per heavy atom. The number of alkyl halides is 6. The monoisotopic (exact) mass is 887 g/mol. The number of para-hydroxylation sites is 1. The average Bonchev–Trinajstić information content (AvgIpc) is 3.69. The molecule has 0 amide bonds. The molecule has 0 aliphatic heterocycles. The molecule has 0 saturated heterocycles. The minimum atomic E-state index is -4.88. The van der Waals surface area contributed by atoms with Gasteiger partial charge in [0.15, 0.2) is 11.5 Å². The van der Waals surface area contributed by atoms with Gasteiger partial charge in [-0.3, -0.25) is 0 Å². The van der Waals surface area contributed by atoms with E-state index in [0.717, 1.165) is 23.3 Å². The molecule has 10 aromatic rings. The van der Waals surface area contributed by atoms with E-state index in [1.165, 1.54) is 54.6 Å². The summed E-state index contributed by atoms with van der Waals surface area (Å²) >= 11 is 0. The summed E-state index contributed by atoms with van der Waals surface area (Å²) in [5, 5.41) is 11.0. The van der Waals surface area contributed by atoms with Crippen molar-refractivity contribution in [2.24, 2.45) is 0 Å². The molecule has 0 spiro atoms. The molecule has 0 bridgehead atoms. The summed E-state index contributed by atoms with van der Waals surface area (Å²) in [5.74, 6) is 0.0773. The van der Waals surface area contributed by atoms with E-state index in [-0.39, 0.29) is 50.6 Å². The second-order valence-electron chi connectivity index (χ2n) is 15.8. The number of aromatic nitrogens is 3. The Kier molecular flexibility index (Phi) is 10.5. The molecule has 0 atom stereocenters. The van der Waals surface area contributed by atoms with Crippen LogP contribution in [0.1, 0.15) is 16.7 Å². The molecule has 67 heavy (non-hydrogen) atoms. The Bertz CT molecular complexity index is 3470. The van der Waals surface area contributed by atoms with Crippen LogP contribution in [0.25, 0.3) is 99.6 Å². The smallest absolute Gasteiger partial charge is 0.308 e. The third-order valence-electron chi connectivity index (χ3n) is 11.7. The summed E-state index contributed by atoms with van der Waals surface area (Å²) in [5.41, 5.74) is 2.80. The van der Waals surface area contributed by atoms with E-state index in [0.29, 0.717) is 44.3 Å². The quantitative estimate of drug-likeness (QED) is 0.118. The minimum absolute atomic E-state index is 0.0254. The normalized spacial score (nSPS) is 11.7. The van der Waals surface area contributed by atoms with Crippen molar-refractivity contribution in [3.63, 3.8) is 0 Å². The molecule has 0 aliphatic carbocycles. The Morgan fingerprint density at radius 2 is 0.985 bits per heavy atom. The van der Waals surface area contributed by atoms with Crippen LogP contribution in [-0.4, -0.2) is 14.5 Å². The van der Waals surface area contributed by atoms with Crippen LogP contribution in [0.5, 0.6) is 0 Å². The van der Waals surface area contributed by atoms with Crippen LogP contribution in [0.15, 0.2) is 188 Å². The predicted molar refractivity (Wildman–Crippen MR) is 250 cm³/mol. The fourth-order valence-corrected chi connectivity index (χ4v) is 8.74. The highest BCUT2D eigenvalue weighted by Gasteiger charge is 2.37. The number of fused-ring (bicyclic) bond motifs is 3. The van der Waals surface area contributed by atoms with Gasteiger partial charge in [0, 0.05) is 44.2 Å². The van der Waals surface area contributed by atoms with E-state index in [4.69, 9.17) is 16.5 Å². The number of halogens is 6. The summed E-state index contributed by atoms with van der Waals surface area (Å²) in [6, 6.07) is 52.9. The van der Waals surface area contributed by atoms with Crippen molar-refractivity contribution in [1.82, 2.24) is 14.5 Å². The van der Waals surface area contributed by atoms with Crippen molar-refractivity contribution in [3.8, 4) is 79.0 Å². The highest BCUT2D eigenvalue weighted by atomic mass is 19.4. The topological polar surface area (TPSA) is 58.9 Å². The van der Waals surface area contributed by atoms with Gasteiger partial charge in [-0.05, 0) is 89.0 Å². The molecule has 0 saturated carbocycles. The Morgan fingerprint density at radius 1 is 0.463 bits per heavy atom. The van der Waals surface area contributed by atoms with Crippen molar-refractivity contribution in [1.29, 1.82) is 5.26 Å². The zero-order valence-corrected chi connectivity index (χ0v) is 34.9. The lowest BCUT2D eigenvalue weighted by Gasteiger charge is -2.24. The fourth-order valence-electron chi connectivity index (χ4n) is 8.74. The van der Waals surface area contributed by atoms with Crippen molar-refractivity contribution in [2.45, 2.75) is 12.4 Å². The summed E-state index contributed by atoms with van der Waals surface area (Å²) in [6.45, 7) is 7.63. The number of benzene rings is 8. The standard InChI is InChI=1S/C56H31F6N5/c1-64-40-27-34(33-63)26-38(28-40)37-24-25-52-44(29-37)43-20-10-13-23-51(43)67(52)53-45(41-18-8-11-21-47(41)55(57,58)59)30-39(31-46(53)42-19-9-12-22-48(42)56(60,61)62)54-65-49(35-14-4-2-5-15-35)32-50(66-54)36-16-6-3-7-17-36/h2-32H. The van der Waals surface area contributed by atoms with E-state index in [1.807, 2.05) is 72.8 Å². The summed E-state index contributed by atoms with van der Waals surface area (Å²) in [7, 11) is 0. The first kappa shape index (κ1) is 42.2. The molecule has 11 heteroatoms. The third kappa shape index (κ3) is 7.83. The van der Waals surface area contributed by atoms with Gasteiger partial charge in [-0.15, -0.1) is 0 Å². The number of nitriles is 1. The van der Waals surface area contributed by atoms with Crippen LogP contribution in [0, 0.1) is 17.9 Å². The molecule has 8 aromatic carbocycles. The molecule has 0 radical (unpaired) electrons. The second-order valence-corrected chi connectivity index (χ2v) is 15.8. The van der Waals surface area contributed by atoms with Crippen LogP contribution in [0.3, 0.4) is 0 Å². The molecule has 0 N–H and O–H groups in total. The Labute approximate surface area is 380 Å². The van der Waals surface area contributed by atoms with Crippen LogP contribution in [0.2, 0.25) is 0 Å². The minimum Gasteiger partial charge on any atom is -0.308 e. The van der Waals surface area contributed by atoms with Gasteiger partial charge in [0.25, 0.3) is 0 Å². The lowest BCUT2D eigenvalue weighted by atomic mass is 9.88. The number of nitrogens with zero attached hydrogens (tertiary/aromatic N) is 5. The SMILES string of the molecule is [C-]#[N+]c1cc(C#N)cc(-c2ccc3c(c2)c2ccccc2n3-c2c(-c3ccccc3C(F)(F)F)cc(-c3nc(-c4ccccc4)cc(-c4ccccc4)n3)cc2-c2ccccc2C(F)(F)F)c1. The van der Waals surface area contributed by atoms with E-state index in [1.54, 1.807) is 53.1 Å². The van der Waals surface area contributed by atoms with Crippen molar-refractivity contribution >= 4 is 27.5 Å². The molecule has 5 nitrogen and oxygen atoms in total. The van der Waals surface area contributed by atoms with Gasteiger partial charge >= 0.3 is 12.4 Å². The predicted octanol–water partition coefficient (Wildman–Crippen LogP) is 16.0. The van der Waals surface area contributed by atoms with Gasteiger partial charge in [-0.25, -0.2) is 14.8 Å². The molecular formula is C56H31F6N5. The van der Waals surface area contributed by atoms with Gasteiger partial charge in [-0.2, -0.15) is 31.6 Å².